The van der Waals surface area contributed by atoms with E-state index in [9.17, 15) is 12.8 Å². The summed E-state index contributed by atoms with van der Waals surface area (Å²) in [6.07, 6.45) is 0. The third kappa shape index (κ3) is 4.00. The molecule has 0 atom stereocenters. The molecule has 2 aromatic carbocycles. The van der Waals surface area contributed by atoms with E-state index >= 15 is 0 Å². The molecule has 0 saturated carbocycles. The van der Waals surface area contributed by atoms with E-state index < -0.39 is 10.0 Å². The quantitative estimate of drug-likeness (QED) is 0.557. The summed E-state index contributed by atoms with van der Waals surface area (Å²) < 4.78 is 46.8. The minimum atomic E-state index is -3.55. The Kier molecular flexibility index (Phi) is 5.67. The monoisotopic (exact) mass is 450 g/mol. The van der Waals surface area contributed by atoms with Crippen LogP contribution in [0.2, 0.25) is 0 Å². The van der Waals surface area contributed by atoms with Crippen LogP contribution in [0.15, 0.2) is 51.8 Å². The minimum Gasteiger partial charge on any atom is -0.429 e. The molecule has 1 aromatic heterocycles. The van der Waals surface area contributed by atoms with Gasteiger partial charge in [0.15, 0.2) is 5.58 Å². The van der Waals surface area contributed by atoms with Gasteiger partial charge in [0.1, 0.15) is 5.82 Å². The maximum atomic E-state index is 13.2. The van der Waals surface area contributed by atoms with Crippen LogP contribution < -0.4 is 4.90 Å². The number of oxazole rings is 1. The van der Waals surface area contributed by atoms with Crippen LogP contribution >= 0.6 is 12.2 Å². The zero-order valence-corrected chi connectivity index (χ0v) is 18.4. The van der Waals surface area contributed by atoms with Crippen molar-refractivity contribution in [3.8, 4) is 0 Å². The van der Waals surface area contributed by atoms with Crippen LogP contribution in [0.3, 0.4) is 0 Å². The Morgan fingerprint density at radius 3 is 2.37 bits per heavy atom. The Morgan fingerprint density at radius 1 is 1.07 bits per heavy atom. The lowest BCUT2D eigenvalue weighted by atomic mass is 10.2. The first-order valence-corrected chi connectivity index (χ1v) is 11.4. The Hall–Kier alpha value is -2.27. The summed E-state index contributed by atoms with van der Waals surface area (Å²) in [5.74, 6) is -0.241. The zero-order chi connectivity index (χ0) is 21.5. The van der Waals surface area contributed by atoms with Gasteiger partial charge in [-0.15, -0.1) is 0 Å². The summed E-state index contributed by atoms with van der Waals surface area (Å²) in [7, 11) is -0.548. The molecular formula is C20H23FN4O3S2. The van der Waals surface area contributed by atoms with Gasteiger partial charge in [0.25, 0.3) is 4.84 Å². The third-order valence-corrected chi connectivity index (χ3v) is 7.44. The van der Waals surface area contributed by atoms with Crippen LogP contribution in [-0.2, 0) is 16.7 Å². The van der Waals surface area contributed by atoms with Crippen LogP contribution in [0, 0.1) is 10.7 Å². The van der Waals surface area contributed by atoms with E-state index in [1.54, 1.807) is 24.3 Å². The van der Waals surface area contributed by atoms with Crippen LogP contribution in [0.4, 0.5) is 10.1 Å². The average molecular weight is 451 g/mol. The number of piperazine rings is 1. The molecule has 0 amide bonds. The van der Waals surface area contributed by atoms with Gasteiger partial charge in [0.05, 0.1) is 17.1 Å². The van der Waals surface area contributed by atoms with Gasteiger partial charge in [-0.3, -0.25) is 9.47 Å². The van der Waals surface area contributed by atoms with Gasteiger partial charge >= 0.3 is 0 Å². The maximum absolute atomic E-state index is 13.2. The van der Waals surface area contributed by atoms with Crippen LogP contribution in [0.1, 0.15) is 0 Å². The lowest BCUT2D eigenvalue weighted by molar-refractivity contribution is 0.204. The molecule has 1 fully saturated rings. The number of hydrogen-bond donors (Lipinski definition) is 0. The molecular weight excluding hydrogens is 427 g/mol. The summed E-state index contributed by atoms with van der Waals surface area (Å²) in [6, 6.07) is 11.3. The normalized spacial score (nSPS) is 15.9. The average Bonchev–Trinajstić information content (AvgIpc) is 3.03. The molecule has 10 heteroatoms. The van der Waals surface area contributed by atoms with E-state index in [1.807, 2.05) is 4.57 Å². The SMILES string of the molecule is CN(C)S(=O)(=O)c1ccc2oc(=S)n(CN3CCN(c4ccc(F)cc4)CC3)c2c1. The molecule has 1 saturated heterocycles. The van der Waals surface area contributed by atoms with E-state index in [0.29, 0.717) is 22.6 Å². The number of fused-ring (bicyclic) bond motifs is 1. The van der Waals surface area contributed by atoms with Gasteiger partial charge in [-0.25, -0.2) is 17.1 Å². The lowest BCUT2D eigenvalue weighted by Gasteiger charge is -2.36. The standard InChI is InChI=1S/C20H23FN4O3S2/c1-22(2)30(26,27)17-7-8-19-18(13-17)25(20(29)28-19)14-23-9-11-24(12-10-23)16-5-3-15(21)4-6-16/h3-8,13H,9-12,14H2,1-2H3. The minimum absolute atomic E-state index is 0.200. The van der Waals surface area contributed by atoms with E-state index in [0.717, 1.165) is 31.9 Å². The van der Waals surface area contributed by atoms with Crippen molar-refractivity contribution in [2.24, 2.45) is 0 Å². The van der Waals surface area contributed by atoms with E-state index in [-0.39, 0.29) is 10.7 Å². The highest BCUT2D eigenvalue weighted by molar-refractivity contribution is 7.89. The second-order valence-corrected chi connectivity index (χ2v) is 9.94. The topological polar surface area (TPSA) is 61.9 Å². The maximum Gasteiger partial charge on any atom is 0.270 e. The fraction of sp³-hybridized carbons (Fsp3) is 0.350. The number of nitrogens with zero attached hydrogens (tertiary/aromatic N) is 4. The molecule has 160 valence electrons. The largest absolute Gasteiger partial charge is 0.429 e. The highest BCUT2D eigenvalue weighted by Crippen LogP contribution is 2.24. The van der Waals surface area contributed by atoms with E-state index in [2.05, 4.69) is 9.80 Å². The zero-order valence-electron chi connectivity index (χ0n) is 16.8. The summed E-state index contributed by atoms with van der Waals surface area (Å²) in [4.78, 5) is 4.96. The molecule has 1 aliphatic rings. The molecule has 0 spiro atoms. The number of halogens is 1. The summed E-state index contributed by atoms with van der Waals surface area (Å²) in [6.45, 7) is 3.70. The summed E-state index contributed by atoms with van der Waals surface area (Å²) >= 11 is 5.39. The second kappa shape index (κ2) is 8.10. The van der Waals surface area contributed by atoms with Crippen molar-refractivity contribution in [1.29, 1.82) is 0 Å². The smallest absolute Gasteiger partial charge is 0.270 e. The number of rotatable bonds is 5. The molecule has 0 N–H and O–H groups in total. The Morgan fingerprint density at radius 2 is 1.73 bits per heavy atom. The van der Waals surface area contributed by atoms with Crippen LogP contribution in [0.25, 0.3) is 11.1 Å². The first kappa shape index (κ1) is 21.0. The number of sulfonamides is 1. The van der Waals surface area contributed by atoms with Crippen molar-refractivity contribution in [3.63, 3.8) is 0 Å². The molecule has 30 heavy (non-hydrogen) atoms. The summed E-state index contributed by atoms with van der Waals surface area (Å²) in [5, 5.41) is 0. The number of aromatic nitrogens is 1. The van der Waals surface area contributed by atoms with Gasteiger partial charge < -0.3 is 9.32 Å². The van der Waals surface area contributed by atoms with Crippen LogP contribution in [0.5, 0.6) is 0 Å². The van der Waals surface area contributed by atoms with Crippen molar-refractivity contribution in [2.75, 3.05) is 45.2 Å². The van der Waals surface area contributed by atoms with Gasteiger partial charge in [-0.2, -0.15) is 0 Å². The number of benzene rings is 2. The molecule has 4 rings (SSSR count). The molecule has 0 radical (unpaired) electrons. The molecule has 2 heterocycles. The van der Waals surface area contributed by atoms with Gasteiger partial charge in [-0.1, -0.05) is 0 Å². The molecule has 0 unspecified atom stereocenters. The number of hydrogen-bond acceptors (Lipinski definition) is 6. The fourth-order valence-corrected chi connectivity index (χ4v) is 4.71. The Balaban J connectivity index is 1.53. The van der Waals surface area contributed by atoms with Crippen molar-refractivity contribution in [2.45, 2.75) is 11.6 Å². The van der Waals surface area contributed by atoms with Gasteiger partial charge in [0.2, 0.25) is 10.0 Å². The van der Waals surface area contributed by atoms with E-state index in [4.69, 9.17) is 16.6 Å². The molecule has 7 nitrogen and oxygen atoms in total. The summed E-state index contributed by atoms with van der Waals surface area (Å²) in [5.41, 5.74) is 2.21. The molecule has 1 aliphatic heterocycles. The van der Waals surface area contributed by atoms with Crippen molar-refractivity contribution >= 4 is 39.0 Å². The van der Waals surface area contributed by atoms with Crippen molar-refractivity contribution in [3.05, 3.63) is 53.1 Å². The molecule has 3 aromatic rings. The Labute approximate surface area is 180 Å². The van der Waals surface area contributed by atoms with Gasteiger partial charge in [0, 0.05) is 46.0 Å². The first-order valence-electron chi connectivity index (χ1n) is 9.54. The second-order valence-electron chi connectivity index (χ2n) is 7.44. The highest BCUT2D eigenvalue weighted by Gasteiger charge is 2.22. The van der Waals surface area contributed by atoms with Crippen molar-refractivity contribution < 1.29 is 17.2 Å². The fourth-order valence-electron chi connectivity index (χ4n) is 3.55. The van der Waals surface area contributed by atoms with Crippen molar-refractivity contribution in [1.82, 2.24) is 13.8 Å². The predicted molar refractivity (Wildman–Crippen MR) is 116 cm³/mol. The molecule has 0 bridgehead atoms. The first-order chi connectivity index (χ1) is 14.3. The van der Waals surface area contributed by atoms with Gasteiger partial charge in [-0.05, 0) is 54.7 Å². The Bertz CT molecular complexity index is 1210. The predicted octanol–water partition coefficient (Wildman–Crippen LogP) is 3.13. The third-order valence-electron chi connectivity index (χ3n) is 5.32. The highest BCUT2D eigenvalue weighted by atomic mass is 32.2. The number of anilines is 1. The molecule has 0 aliphatic carbocycles. The van der Waals surface area contributed by atoms with Crippen LogP contribution in [-0.4, -0.2) is 62.5 Å². The lowest BCUT2D eigenvalue weighted by Crippen LogP contribution is -2.46. The van der Waals surface area contributed by atoms with E-state index in [1.165, 1.54) is 36.6 Å².